The second-order valence-electron chi connectivity index (χ2n) is 11.5. The van der Waals surface area contributed by atoms with Crippen LogP contribution in [0.4, 0.5) is 4.79 Å². The number of hydrogen-bond acceptors (Lipinski definition) is 6. The number of H-pyrrole nitrogens is 1. The van der Waals surface area contributed by atoms with E-state index < -0.39 is 12.1 Å². The Morgan fingerprint density at radius 1 is 1.12 bits per heavy atom. The number of carbonyl (C=O) groups is 3. The van der Waals surface area contributed by atoms with Crippen LogP contribution < -0.4 is 10.9 Å². The quantitative estimate of drug-likeness (QED) is 0.245. The number of aliphatic hydroxyl groups excluding tert-OH is 1. The molecule has 10 heteroatoms. The van der Waals surface area contributed by atoms with Gasteiger partial charge in [0.25, 0.3) is 5.56 Å². The maximum absolute atomic E-state index is 13.4. The van der Waals surface area contributed by atoms with Crippen LogP contribution in [0, 0.1) is 5.92 Å². The molecule has 2 aromatic heterocycles. The summed E-state index contributed by atoms with van der Waals surface area (Å²) in [5.74, 6) is 0.100. The number of hydrogen-bond donors (Lipinski definition) is 3. The van der Waals surface area contributed by atoms with Gasteiger partial charge in [0.1, 0.15) is 6.61 Å². The molecule has 1 aromatic carbocycles. The topological polar surface area (TPSA) is 134 Å². The second kappa shape index (κ2) is 15.3. The molecule has 4 rings (SSSR count). The molecular formula is C33H42N4O6. The molecule has 0 spiro atoms. The third-order valence-electron chi connectivity index (χ3n) is 7.54. The zero-order chi connectivity index (χ0) is 30.8. The fourth-order valence-corrected chi connectivity index (χ4v) is 5.44. The lowest BCUT2D eigenvalue weighted by molar-refractivity contribution is -0.125. The van der Waals surface area contributed by atoms with Crippen LogP contribution in [-0.4, -0.2) is 69.7 Å². The van der Waals surface area contributed by atoms with Crippen LogP contribution in [0.2, 0.25) is 0 Å². The normalized spacial score (nSPS) is 14.1. The van der Waals surface area contributed by atoms with E-state index in [-0.39, 0.29) is 43.3 Å². The summed E-state index contributed by atoms with van der Waals surface area (Å²) in [6, 6.07) is 10.7. The molecule has 230 valence electrons. The third kappa shape index (κ3) is 8.90. The zero-order valence-corrected chi connectivity index (χ0v) is 25.0. The number of aliphatic hydroxyl groups is 1. The summed E-state index contributed by atoms with van der Waals surface area (Å²) in [6.45, 7) is 5.63. The fraction of sp³-hybridized carbons (Fsp3) is 0.455. The third-order valence-corrected chi connectivity index (χ3v) is 7.54. The largest absolute Gasteiger partial charge is 0.447 e. The van der Waals surface area contributed by atoms with Gasteiger partial charge < -0.3 is 29.6 Å². The van der Waals surface area contributed by atoms with Gasteiger partial charge in [0, 0.05) is 42.5 Å². The molecule has 1 atom stereocenters. The smallest absolute Gasteiger partial charge is 0.407 e. The van der Waals surface area contributed by atoms with E-state index in [1.807, 2.05) is 18.2 Å². The minimum absolute atomic E-state index is 0.0633. The molecule has 3 aromatic rings. The number of nitrogens with one attached hydrogen (secondary N) is 2. The molecule has 2 amide bonds. The van der Waals surface area contributed by atoms with Crippen molar-refractivity contribution >= 4 is 28.7 Å². The van der Waals surface area contributed by atoms with Gasteiger partial charge in [0.2, 0.25) is 5.91 Å². The number of aromatic amines is 1. The molecule has 1 aliphatic rings. The number of para-hydroxylation sites is 1. The van der Waals surface area contributed by atoms with Gasteiger partial charge in [-0.2, -0.15) is 0 Å². The summed E-state index contributed by atoms with van der Waals surface area (Å²) in [6.07, 6.45) is 7.43. The molecule has 0 saturated carbocycles. The zero-order valence-electron chi connectivity index (χ0n) is 25.0. The molecule has 10 nitrogen and oxygen atoms in total. The highest BCUT2D eigenvalue weighted by Crippen LogP contribution is 2.22. The predicted octanol–water partition coefficient (Wildman–Crippen LogP) is 3.73. The van der Waals surface area contributed by atoms with Crippen molar-refractivity contribution in [3.8, 4) is 0 Å². The van der Waals surface area contributed by atoms with Crippen LogP contribution in [0.1, 0.15) is 56.4 Å². The van der Waals surface area contributed by atoms with E-state index in [0.29, 0.717) is 24.4 Å². The Morgan fingerprint density at radius 3 is 2.63 bits per heavy atom. The van der Waals surface area contributed by atoms with Gasteiger partial charge in [-0.15, -0.1) is 0 Å². The van der Waals surface area contributed by atoms with Crippen LogP contribution in [0.25, 0.3) is 10.9 Å². The van der Waals surface area contributed by atoms with Crippen molar-refractivity contribution < 1.29 is 24.2 Å². The summed E-state index contributed by atoms with van der Waals surface area (Å²) >= 11 is 0. The Morgan fingerprint density at radius 2 is 1.88 bits per heavy atom. The average molecular weight is 591 g/mol. The van der Waals surface area contributed by atoms with Crippen molar-refractivity contribution in [2.24, 2.45) is 5.92 Å². The van der Waals surface area contributed by atoms with Gasteiger partial charge in [0.05, 0.1) is 19.2 Å². The summed E-state index contributed by atoms with van der Waals surface area (Å²) in [5, 5.41) is 12.6. The Labute approximate surface area is 251 Å². The molecule has 0 aliphatic carbocycles. The molecule has 43 heavy (non-hydrogen) atoms. The summed E-state index contributed by atoms with van der Waals surface area (Å²) in [7, 11) is 0. The van der Waals surface area contributed by atoms with Crippen molar-refractivity contribution in [3.63, 3.8) is 0 Å². The SMILES string of the molecule is CC(C)Cc1cccc2cc(Cn3cccc(CC(=O)[C@H](CC/C=C/C(=O)N4CCCC4)NC(=O)OCCO)c3=O)[nH]c12. The van der Waals surface area contributed by atoms with Crippen molar-refractivity contribution in [2.75, 3.05) is 26.3 Å². The Hall–Kier alpha value is -4.18. The number of likely N-dealkylation sites (tertiary alicyclic amines) is 1. The number of ketones is 1. The molecule has 0 radical (unpaired) electrons. The van der Waals surface area contributed by atoms with Gasteiger partial charge in [-0.05, 0) is 67.2 Å². The highest BCUT2D eigenvalue weighted by molar-refractivity contribution is 5.89. The number of Topliss-reactive ketones (excluding diaryl/α,β-unsaturated/α-hetero) is 1. The number of amides is 2. The standard InChI is InChI=1S/C33H42N4O6/c1-23(2)19-24-9-7-10-25-20-27(34-31(24)25)22-37-16-8-11-26(32(37)41)21-29(39)28(35-33(42)43-18-17-38)12-3-4-13-30(40)36-14-5-6-15-36/h4,7-11,13,16,20,23,28,34,38H,3,5-6,12,14-15,17-19,21-22H2,1-2H3,(H,35,42)/b13-4+/t28-/m0/s1. The molecule has 0 unspecified atom stereocenters. The highest BCUT2D eigenvalue weighted by Gasteiger charge is 2.23. The number of fused-ring (bicyclic) bond motifs is 1. The van der Waals surface area contributed by atoms with Crippen molar-refractivity contribution in [1.82, 2.24) is 19.8 Å². The van der Waals surface area contributed by atoms with E-state index >= 15 is 0 Å². The molecule has 3 N–H and O–H groups in total. The number of carbonyl (C=O) groups excluding carboxylic acids is 3. The van der Waals surface area contributed by atoms with E-state index in [1.165, 1.54) is 11.6 Å². The highest BCUT2D eigenvalue weighted by atomic mass is 16.6. The number of aromatic nitrogens is 2. The van der Waals surface area contributed by atoms with E-state index in [4.69, 9.17) is 9.84 Å². The number of rotatable bonds is 14. The van der Waals surface area contributed by atoms with E-state index in [9.17, 15) is 19.2 Å². The Balaban J connectivity index is 1.45. The summed E-state index contributed by atoms with van der Waals surface area (Å²) < 4.78 is 6.47. The van der Waals surface area contributed by atoms with Gasteiger partial charge in [-0.25, -0.2) is 4.79 Å². The minimum atomic E-state index is -0.932. The number of allylic oxidation sites excluding steroid dienone is 1. The maximum atomic E-state index is 13.4. The average Bonchev–Trinajstić information content (AvgIpc) is 3.66. The van der Waals surface area contributed by atoms with Crippen molar-refractivity contribution in [2.45, 2.75) is 65.0 Å². The first-order valence-corrected chi connectivity index (χ1v) is 15.0. The first kappa shape index (κ1) is 31.7. The lowest BCUT2D eigenvalue weighted by Crippen LogP contribution is -2.42. The lowest BCUT2D eigenvalue weighted by atomic mass is 10.0. The fourth-order valence-electron chi connectivity index (χ4n) is 5.44. The number of alkyl carbamates (subject to hydrolysis) is 1. The van der Waals surface area contributed by atoms with Crippen molar-refractivity contribution in [3.05, 3.63) is 81.9 Å². The van der Waals surface area contributed by atoms with E-state index in [1.54, 1.807) is 33.9 Å². The lowest BCUT2D eigenvalue weighted by Gasteiger charge is -2.17. The molecule has 3 heterocycles. The summed E-state index contributed by atoms with van der Waals surface area (Å²) in [4.78, 5) is 56.5. The van der Waals surface area contributed by atoms with Gasteiger partial charge in [0.15, 0.2) is 5.78 Å². The first-order valence-electron chi connectivity index (χ1n) is 15.0. The van der Waals surface area contributed by atoms with Crippen LogP contribution in [0.5, 0.6) is 0 Å². The second-order valence-corrected chi connectivity index (χ2v) is 11.5. The Kier molecular flexibility index (Phi) is 11.3. The number of pyridine rings is 1. The maximum Gasteiger partial charge on any atom is 0.407 e. The van der Waals surface area contributed by atoms with Crippen molar-refractivity contribution in [1.29, 1.82) is 0 Å². The van der Waals surface area contributed by atoms with E-state index in [0.717, 1.165) is 48.9 Å². The Bertz CT molecular complexity index is 1500. The monoisotopic (exact) mass is 590 g/mol. The van der Waals surface area contributed by atoms with Gasteiger partial charge in [-0.1, -0.05) is 44.2 Å². The van der Waals surface area contributed by atoms with Crippen LogP contribution in [-0.2, 0) is 33.7 Å². The van der Waals surface area contributed by atoms with Crippen LogP contribution >= 0.6 is 0 Å². The minimum Gasteiger partial charge on any atom is -0.447 e. The molecular weight excluding hydrogens is 548 g/mol. The summed E-state index contributed by atoms with van der Waals surface area (Å²) in [5.41, 5.74) is 3.23. The van der Waals surface area contributed by atoms with E-state index in [2.05, 4.69) is 30.2 Å². The molecule has 1 saturated heterocycles. The predicted molar refractivity (Wildman–Crippen MR) is 165 cm³/mol. The van der Waals surface area contributed by atoms with Crippen LogP contribution in [0.15, 0.2) is 59.5 Å². The molecule has 0 bridgehead atoms. The van der Waals surface area contributed by atoms with Gasteiger partial charge >= 0.3 is 6.09 Å². The molecule has 1 fully saturated rings. The van der Waals surface area contributed by atoms with Gasteiger partial charge in [-0.3, -0.25) is 14.4 Å². The number of ether oxygens (including phenoxy) is 1. The first-order chi connectivity index (χ1) is 20.7. The molecule has 1 aliphatic heterocycles. The number of nitrogens with zero attached hydrogens (tertiary/aromatic N) is 2. The van der Waals surface area contributed by atoms with Crippen LogP contribution in [0.3, 0.4) is 0 Å². The number of benzene rings is 1.